The number of nitrogens with one attached hydrogen (secondary N) is 1. The standard InChI is InChI=1S/C16H19N3O2/c1-12(2)13-4-3-5-15(10-13)21-9-8-17-16(20)14-6-7-18-19-11-14/h3-7,10-12H,8-9H2,1-2H3,(H,17,20). The lowest BCUT2D eigenvalue weighted by Gasteiger charge is -2.10. The fourth-order valence-electron chi connectivity index (χ4n) is 1.82. The van der Waals surface area contributed by atoms with Gasteiger partial charge in [0, 0.05) is 0 Å². The van der Waals surface area contributed by atoms with E-state index in [2.05, 4.69) is 35.4 Å². The van der Waals surface area contributed by atoms with Gasteiger partial charge in [0.2, 0.25) is 0 Å². The van der Waals surface area contributed by atoms with Crippen molar-refractivity contribution in [2.75, 3.05) is 13.2 Å². The second kappa shape index (κ2) is 7.38. The van der Waals surface area contributed by atoms with Crippen molar-refractivity contribution in [3.63, 3.8) is 0 Å². The molecule has 0 aliphatic carbocycles. The molecule has 0 aliphatic rings. The lowest BCUT2D eigenvalue weighted by Crippen LogP contribution is -2.28. The van der Waals surface area contributed by atoms with Crippen LogP contribution in [0.25, 0.3) is 0 Å². The summed E-state index contributed by atoms with van der Waals surface area (Å²) in [5, 5.41) is 10.1. The third kappa shape index (κ3) is 4.56. The van der Waals surface area contributed by atoms with E-state index < -0.39 is 0 Å². The van der Waals surface area contributed by atoms with Crippen LogP contribution in [0.4, 0.5) is 0 Å². The molecule has 0 unspecified atom stereocenters. The van der Waals surface area contributed by atoms with Crippen LogP contribution >= 0.6 is 0 Å². The lowest BCUT2D eigenvalue weighted by molar-refractivity contribution is 0.0946. The Morgan fingerprint density at radius 1 is 1.29 bits per heavy atom. The molecule has 5 nitrogen and oxygen atoms in total. The zero-order valence-corrected chi connectivity index (χ0v) is 12.2. The molecule has 0 bridgehead atoms. The van der Waals surface area contributed by atoms with Crippen molar-refractivity contribution in [3.8, 4) is 5.75 Å². The van der Waals surface area contributed by atoms with E-state index in [4.69, 9.17) is 4.74 Å². The van der Waals surface area contributed by atoms with Crippen LogP contribution in [0.15, 0.2) is 42.7 Å². The number of aromatic nitrogens is 2. The first kappa shape index (κ1) is 15.0. The number of ether oxygens (including phenoxy) is 1. The van der Waals surface area contributed by atoms with Crippen molar-refractivity contribution in [2.45, 2.75) is 19.8 Å². The molecule has 1 aromatic carbocycles. The molecule has 1 heterocycles. The first-order valence-electron chi connectivity index (χ1n) is 6.94. The summed E-state index contributed by atoms with van der Waals surface area (Å²) in [7, 11) is 0. The highest BCUT2D eigenvalue weighted by atomic mass is 16.5. The zero-order valence-electron chi connectivity index (χ0n) is 12.2. The first-order chi connectivity index (χ1) is 10.2. The zero-order chi connectivity index (χ0) is 15.1. The summed E-state index contributed by atoms with van der Waals surface area (Å²) < 4.78 is 5.64. The van der Waals surface area contributed by atoms with Gasteiger partial charge in [-0.1, -0.05) is 26.0 Å². The molecule has 1 amide bonds. The molecule has 2 aromatic rings. The number of rotatable bonds is 6. The number of nitrogens with zero attached hydrogens (tertiary/aromatic N) is 2. The Balaban J connectivity index is 1.77. The molecule has 0 saturated carbocycles. The van der Waals surface area contributed by atoms with Crippen molar-refractivity contribution in [1.29, 1.82) is 0 Å². The predicted octanol–water partition coefficient (Wildman–Crippen LogP) is 2.41. The summed E-state index contributed by atoms with van der Waals surface area (Å²) in [6.07, 6.45) is 2.92. The van der Waals surface area contributed by atoms with Gasteiger partial charge in [0.15, 0.2) is 0 Å². The minimum absolute atomic E-state index is 0.176. The Morgan fingerprint density at radius 2 is 2.14 bits per heavy atom. The number of benzene rings is 1. The van der Waals surface area contributed by atoms with Crippen LogP contribution in [-0.4, -0.2) is 29.3 Å². The van der Waals surface area contributed by atoms with Crippen LogP contribution in [0.1, 0.15) is 35.7 Å². The summed E-state index contributed by atoms with van der Waals surface area (Å²) in [6.45, 7) is 5.14. The monoisotopic (exact) mass is 285 g/mol. The minimum Gasteiger partial charge on any atom is -0.492 e. The number of hydrogen-bond acceptors (Lipinski definition) is 4. The average molecular weight is 285 g/mol. The van der Waals surface area contributed by atoms with Gasteiger partial charge in [0.25, 0.3) is 5.91 Å². The Morgan fingerprint density at radius 3 is 2.86 bits per heavy atom. The summed E-state index contributed by atoms with van der Waals surface area (Å²) in [5.41, 5.74) is 1.73. The Labute approximate surface area is 124 Å². The number of carbonyl (C=O) groups excluding carboxylic acids is 1. The second-order valence-electron chi connectivity index (χ2n) is 4.96. The van der Waals surface area contributed by atoms with Crippen LogP contribution in [0.2, 0.25) is 0 Å². The van der Waals surface area contributed by atoms with Gasteiger partial charge in [-0.25, -0.2) is 0 Å². The fraction of sp³-hybridized carbons (Fsp3) is 0.312. The molecular weight excluding hydrogens is 266 g/mol. The maximum Gasteiger partial charge on any atom is 0.253 e. The Hall–Kier alpha value is -2.43. The number of amides is 1. The topological polar surface area (TPSA) is 64.1 Å². The molecule has 1 N–H and O–H groups in total. The van der Waals surface area contributed by atoms with Crippen LogP contribution < -0.4 is 10.1 Å². The SMILES string of the molecule is CC(C)c1cccc(OCCNC(=O)c2ccnnc2)c1. The Kier molecular flexibility index (Phi) is 5.26. The van der Waals surface area contributed by atoms with E-state index in [1.807, 2.05) is 18.2 Å². The van der Waals surface area contributed by atoms with E-state index in [1.54, 1.807) is 6.07 Å². The van der Waals surface area contributed by atoms with Crippen molar-refractivity contribution >= 4 is 5.91 Å². The average Bonchev–Trinajstić information content (AvgIpc) is 2.52. The summed E-state index contributed by atoms with van der Waals surface area (Å²) >= 11 is 0. The van der Waals surface area contributed by atoms with Crippen molar-refractivity contribution in [3.05, 3.63) is 53.9 Å². The molecule has 21 heavy (non-hydrogen) atoms. The van der Waals surface area contributed by atoms with Crippen LogP contribution in [0, 0.1) is 0 Å². The van der Waals surface area contributed by atoms with E-state index in [0.29, 0.717) is 24.6 Å². The molecule has 0 saturated heterocycles. The summed E-state index contributed by atoms with van der Waals surface area (Å²) in [6, 6.07) is 9.62. The smallest absolute Gasteiger partial charge is 0.253 e. The lowest BCUT2D eigenvalue weighted by atomic mass is 10.0. The van der Waals surface area contributed by atoms with Crippen molar-refractivity contribution < 1.29 is 9.53 Å². The summed E-state index contributed by atoms with van der Waals surface area (Å²) in [4.78, 5) is 11.8. The van der Waals surface area contributed by atoms with E-state index in [1.165, 1.54) is 18.0 Å². The van der Waals surface area contributed by atoms with E-state index in [0.717, 1.165) is 5.75 Å². The molecule has 0 spiro atoms. The Bertz CT molecular complexity index is 585. The third-order valence-electron chi connectivity index (χ3n) is 3.03. The fourth-order valence-corrected chi connectivity index (χ4v) is 1.82. The van der Waals surface area contributed by atoms with Gasteiger partial charge >= 0.3 is 0 Å². The first-order valence-corrected chi connectivity index (χ1v) is 6.94. The van der Waals surface area contributed by atoms with Gasteiger partial charge in [-0.15, -0.1) is 0 Å². The molecule has 0 fully saturated rings. The predicted molar refractivity (Wildman–Crippen MR) is 80.4 cm³/mol. The maximum absolute atomic E-state index is 11.8. The molecule has 0 aliphatic heterocycles. The number of carbonyl (C=O) groups is 1. The highest BCUT2D eigenvalue weighted by Crippen LogP contribution is 2.19. The van der Waals surface area contributed by atoms with Gasteiger partial charge in [0.05, 0.1) is 24.5 Å². The van der Waals surface area contributed by atoms with E-state index >= 15 is 0 Å². The normalized spacial score (nSPS) is 10.4. The maximum atomic E-state index is 11.8. The van der Waals surface area contributed by atoms with Crippen LogP contribution in [-0.2, 0) is 0 Å². The van der Waals surface area contributed by atoms with Crippen LogP contribution in [0.3, 0.4) is 0 Å². The van der Waals surface area contributed by atoms with Gasteiger partial charge in [0.1, 0.15) is 12.4 Å². The van der Waals surface area contributed by atoms with Crippen molar-refractivity contribution in [2.24, 2.45) is 0 Å². The van der Waals surface area contributed by atoms with Gasteiger partial charge in [-0.2, -0.15) is 10.2 Å². The largest absolute Gasteiger partial charge is 0.492 e. The molecule has 2 rings (SSSR count). The number of hydrogen-bond donors (Lipinski definition) is 1. The highest BCUT2D eigenvalue weighted by molar-refractivity contribution is 5.93. The van der Waals surface area contributed by atoms with Gasteiger partial charge in [-0.3, -0.25) is 4.79 Å². The molecule has 110 valence electrons. The highest BCUT2D eigenvalue weighted by Gasteiger charge is 2.05. The van der Waals surface area contributed by atoms with E-state index in [-0.39, 0.29) is 5.91 Å². The minimum atomic E-state index is -0.176. The van der Waals surface area contributed by atoms with E-state index in [9.17, 15) is 4.79 Å². The van der Waals surface area contributed by atoms with Gasteiger partial charge < -0.3 is 10.1 Å². The van der Waals surface area contributed by atoms with Crippen molar-refractivity contribution in [1.82, 2.24) is 15.5 Å². The molecule has 0 atom stereocenters. The molecular formula is C16H19N3O2. The quantitative estimate of drug-likeness (QED) is 0.828. The van der Waals surface area contributed by atoms with Gasteiger partial charge in [-0.05, 0) is 29.7 Å². The molecule has 5 heteroatoms. The third-order valence-corrected chi connectivity index (χ3v) is 3.03. The second-order valence-corrected chi connectivity index (χ2v) is 4.96. The molecule has 1 aromatic heterocycles. The molecule has 0 radical (unpaired) electrons. The van der Waals surface area contributed by atoms with Crippen LogP contribution in [0.5, 0.6) is 5.75 Å². The summed E-state index contributed by atoms with van der Waals surface area (Å²) in [5.74, 6) is 1.11.